The van der Waals surface area contributed by atoms with Gasteiger partial charge in [-0.1, -0.05) is 38.5 Å². The molecule has 0 aromatic carbocycles. The average Bonchev–Trinajstić information content (AvgIpc) is 2.59. The first-order valence-corrected chi connectivity index (χ1v) is 7.19. The van der Waals surface area contributed by atoms with E-state index in [9.17, 15) is 0 Å². The van der Waals surface area contributed by atoms with Gasteiger partial charge in [-0.15, -0.1) is 0 Å². The molecule has 0 aromatic heterocycles. The SMILES string of the molecule is NC(CC1CCCCCC1)C1CCCOC1. The molecule has 1 aliphatic carbocycles. The van der Waals surface area contributed by atoms with Gasteiger partial charge in [0.05, 0.1) is 6.61 Å². The molecule has 0 spiro atoms. The van der Waals surface area contributed by atoms with E-state index in [4.69, 9.17) is 10.5 Å². The predicted octanol–water partition coefficient (Wildman–Crippen LogP) is 3.10. The van der Waals surface area contributed by atoms with Crippen LogP contribution < -0.4 is 5.73 Å². The third-order valence-electron chi connectivity index (χ3n) is 4.38. The summed E-state index contributed by atoms with van der Waals surface area (Å²) < 4.78 is 5.54. The Morgan fingerprint density at radius 2 is 1.75 bits per heavy atom. The van der Waals surface area contributed by atoms with Crippen LogP contribution in [0.25, 0.3) is 0 Å². The molecule has 2 rings (SSSR count). The molecule has 0 bridgehead atoms. The van der Waals surface area contributed by atoms with Crippen molar-refractivity contribution in [3.63, 3.8) is 0 Å². The summed E-state index contributed by atoms with van der Waals surface area (Å²) >= 11 is 0. The van der Waals surface area contributed by atoms with Crippen LogP contribution in [0.2, 0.25) is 0 Å². The van der Waals surface area contributed by atoms with Gasteiger partial charge in [0, 0.05) is 12.6 Å². The molecule has 2 nitrogen and oxygen atoms in total. The zero-order valence-corrected chi connectivity index (χ0v) is 10.5. The van der Waals surface area contributed by atoms with E-state index in [0.717, 1.165) is 19.1 Å². The Morgan fingerprint density at radius 3 is 2.38 bits per heavy atom. The summed E-state index contributed by atoms with van der Waals surface area (Å²) in [5, 5.41) is 0. The van der Waals surface area contributed by atoms with Crippen LogP contribution in [0.1, 0.15) is 57.8 Å². The molecule has 1 saturated carbocycles. The number of ether oxygens (including phenoxy) is 1. The van der Waals surface area contributed by atoms with Crippen molar-refractivity contribution < 1.29 is 4.74 Å². The van der Waals surface area contributed by atoms with Crippen LogP contribution in [0.4, 0.5) is 0 Å². The van der Waals surface area contributed by atoms with Crippen LogP contribution in [-0.4, -0.2) is 19.3 Å². The summed E-state index contributed by atoms with van der Waals surface area (Å²) in [7, 11) is 0. The quantitative estimate of drug-likeness (QED) is 0.749. The van der Waals surface area contributed by atoms with E-state index >= 15 is 0 Å². The normalized spacial score (nSPS) is 30.9. The first-order chi connectivity index (χ1) is 7.86. The molecule has 2 atom stereocenters. The summed E-state index contributed by atoms with van der Waals surface area (Å²) in [5.41, 5.74) is 6.35. The summed E-state index contributed by atoms with van der Waals surface area (Å²) in [6, 6.07) is 0.392. The molecule has 1 heterocycles. The highest BCUT2D eigenvalue weighted by Crippen LogP contribution is 2.29. The van der Waals surface area contributed by atoms with Crippen molar-refractivity contribution in [1.82, 2.24) is 0 Å². The van der Waals surface area contributed by atoms with Gasteiger partial charge in [0.2, 0.25) is 0 Å². The van der Waals surface area contributed by atoms with Crippen LogP contribution in [0, 0.1) is 11.8 Å². The second kappa shape index (κ2) is 6.61. The molecule has 1 aliphatic heterocycles. The molecular weight excluding hydrogens is 198 g/mol. The smallest absolute Gasteiger partial charge is 0.0509 e. The maximum atomic E-state index is 6.35. The predicted molar refractivity (Wildman–Crippen MR) is 67.3 cm³/mol. The van der Waals surface area contributed by atoms with Crippen molar-refractivity contribution in [3.05, 3.63) is 0 Å². The monoisotopic (exact) mass is 225 g/mol. The fraction of sp³-hybridized carbons (Fsp3) is 1.00. The van der Waals surface area contributed by atoms with Crippen molar-refractivity contribution in [2.75, 3.05) is 13.2 Å². The van der Waals surface area contributed by atoms with Gasteiger partial charge in [-0.2, -0.15) is 0 Å². The summed E-state index contributed by atoms with van der Waals surface area (Å²) in [4.78, 5) is 0. The van der Waals surface area contributed by atoms with E-state index in [-0.39, 0.29) is 0 Å². The van der Waals surface area contributed by atoms with Gasteiger partial charge < -0.3 is 10.5 Å². The van der Waals surface area contributed by atoms with E-state index in [1.165, 1.54) is 57.8 Å². The van der Waals surface area contributed by atoms with E-state index in [2.05, 4.69) is 0 Å². The van der Waals surface area contributed by atoms with Gasteiger partial charge in [0.25, 0.3) is 0 Å². The minimum atomic E-state index is 0.392. The first kappa shape index (κ1) is 12.4. The number of nitrogens with two attached hydrogens (primary N) is 1. The maximum Gasteiger partial charge on any atom is 0.0509 e. The number of hydrogen-bond donors (Lipinski definition) is 1. The third-order valence-corrected chi connectivity index (χ3v) is 4.38. The van der Waals surface area contributed by atoms with Crippen LogP contribution >= 0.6 is 0 Å². The standard InChI is InChI=1S/C14H27NO/c15-14(13-8-5-9-16-11-13)10-12-6-3-1-2-4-7-12/h12-14H,1-11,15H2. The Morgan fingerprint density at radius 1 is 1.00 bits per heavy atom. The van der Waals surface area contributed by atoms with Gasteiger partial charge in [-0.25, -0.2) is 0 Å². The van der Waals surface area contributed by atoms with Gasteiger partial charge in [-0.05, 0) is 31.1 Å². The van der Waals surface area contributed by atoms with E-state index < -0.39 is 0 Å². The third kappa shape index (κ3) is 3.74. The highest BCUT2D eigenvalue weighted by atomic mass is 16.5. The molecule has 2 fully saturated rings. The lowest BCUT2D eigenvalue weighted by Gasteiger charge is -2.30. The molecule has 0 amide bonds. The van der Waals surface area contributed by atoms with E-state index in [1.54, 1.807) is 0 Å². The highest BCUT2D eigenvalue weighted by molar-refractivity contribution is 4.79. The number of rotatable bonds is 3. The minimum absolute atomic E-state index is 0.392. The molecular formula is C14H27NO. The lowest BCUT2D eigenvalue weighted by molar-refractivity contribution is 0.0411. The van der Waals surface area contributed by atoms with Crippen LogP contribution in [0.5, 0.6) is 0 Å². The lowest BCUT2D eigenvalue weighted by Crippen LogP contribution is -2.37. The van der Waals surface area contributed by atoms with Crippen molar-refractivity contribution in [3.8, 4) is 0 Å². The summed E-state index contributed by atoms with van der Waals surface area (Å²) in [6.07, 6.45) is 12.3. The zero-order valence-electron chi connectivity index (χ0n) is 10.5. The number of hydrogen-bond acceptors (Lipinski definition) is 2. The van der Waals surface area contributed by atoms with Crippen LogP contribution in [-0.2, 0) is 4.74 Å². The molecule has 16 heavy (non-hydrogen) atoms. The Labute approximate surface area is 99.9 Å². The maximum absolute atomic E-state index is 6.35. The molecule has 94 valence electrons. The Balaban J connectivity index is 1.73. The molecule has 2 aliphatic rings. The van der Waals surface area contributed by atoms with Crippen LogP contribution in [0.3, 0.4) is 0 Å². The molecule has 2 N–H and O–H groups in total. The second-order valence-electron chi connectivity index (χ2n) is 5.73. The molecule has 2 heteroatoms. The van der Waals surface area contributed by atoms with E-state index in [1.807, 2.05) is 0 Å². The fourth-order valence-electron chi connectivity index (χ4n) is 3.28. The Bertz CT molecular complexity index is 181. The molecule has 2 unspecified atom stereocenters. The fourth-order valence-corrected chi connectivity index (χ4v) is 3.28. The minimum Gasteiger partial charge on any atom is -0.381 e. The average molecular weight is 225 g/mol. The first-order valence-electron chi connectivity index (χ1n) is 7.19. The van der Waals surface area contributed by atoms with Gasteiger partial charge in [0.15, 0.2) is 0 Å². The van der Waals surface area contributed by atoms with E-state index in [0.29, 0.717) is 12.0 Å². The summed E-state index contributed by atoms with van der Waals surface area (Å²) in [6.45, 7) is 1.86. The van der Waals surface area contributed by atoms with Crippen molar-refractivity contribution in [1.29, 1.82) is 0 Å². The molecule has 0 radical (unpaired) electrons. The molecule has 0 aromatic rings. The van der Waals surface area contributed by atoms with Crippen molar-refractivity contribution in [2.45, 2.75) is 63.8 Å². The summed E-state index contributed by atoms with van der Waals surface area (Å²) in [5.74, 6) is 1.54. The molecule has 1 saturated heterocycles. The van der Waals surface area contributed by atoms with Crippen LogP contribution in [0.15, 0.2) is 0 Å². The topological polar surface area (TPSA) is 35.2 Å². The largest absolute Gasteiger partial charge is 0.381 e. The van der Waals surface area contributed by atoms with Gasteiger partial charge in [-0.3, -0.25) is 0 Å². The Kier molecular flexibility index (Phi) is 5.11. The van der Waals surface area contributed by atoms with Crippen molar-refractivity contribution in [2.24, 2.45) is 17.6 Å². The van der Waals surface area contributed by atoms with Gasteiger partial charge in [0.1, 0.15) is 0 Å². The highest BCUT2D eigenvalue weighted by Gasteiger charge is 2.24. The van der Waals surface area contributed by atoms with Gasteiger partial charge >= 0.3 is 0 Å². The zero-order chi connectivity index (χ0) is 11.2. The van der Waals surface area contributed by atoms with Crippen molar-refractivity contribution >= 4 is 0 Å². The Hall–Kier alpha value is -0.0800. The second-order valence-corrected chi connectivity index (χ2v) is 5.73. The lowest BCUT2D eigenvalue weighted by atomic mass is 9.85.